The summed E-state index contributed by atoms with van der Waals surface area (Å²) < 4.78 is 33.6. The van der Waals surface area contributed by atoms with E-state index in [1.54, 1.807) is 6.92 Å². The number of rotatable bonds is 8. The van der Waals surface area contributed by atoms with Gasteiger partial charge in [0.2, 0.25) is 10.0 Å². The van der Waals surface area contributed by atoms with Crippen LogP contribution >= 0.6 is 0 Å². The molecule has 2 amide bonds. The first-order valence-electron chi connectivity index (χ1n) is 6.33. The lowest BCUT2D eigenvalue weighted by Gasteiger charge is -2.28. The highest BCUT2D eigenvalue weighted by Gasteiger charge is 2.34. The monoisotopic (exact) mass is 344 g/mol. The van der Waals surface area contributed by atoms with Crippen LogP contribution < -0.4 is 0 Å². The number of amides is 2. The van der Waals surface area contributed by atoms with Gasteiger partial charge < -0.3 is 9.47 Å². The van der Waals surface area contributed by atoms with E-state index < -0.39 is 22.2 Å². The van der Waals surface area contributed by atoms with Gasteiger partial charge in [-0.3, -0.25) is 0 Å². The summed E-state index contributed by atoms with van der Waals surface area (Å²) in [7, 11) is -4.02. The van der Waals surface area contributed by atoms with Gasteiger partial charge >= 0.3 is 12.2 Å². The second kappa shape index (κ2) is 9.46. The standard InChI is InChI=1S/C14H20N2O6S/c1-6-10-21-13(17)16(14(18)22-11-7-2)15(23(5,19)20)9-8-12(3)4/h6-9H,1-3,10-11H2,4-5H3/b9-8+. The lowest BCUT2D eigenvalue weighted by Crippen LogP contribution is -2.50. The van der Waals surface area contributed by atoms with Crippen molar-refractivity contribution in [2.24, 2.45) is 0 Å². The van der Waals surface area contributed by atoms with Gasteiger partial charge in [-0.15, -0.1) is 5.01 Å². The van der Waals surface area contributed by atoms with Gasteiger partial charge in [-0.05, 0) is 13.0 Å². The summed E-state index contributed by atoms with van der Waals surface area (Å²) in [5.74, 6) is 0. The van der Waals surface area contributed by atoms with E-state index in [0.717, 1.165) is 12.5 Å². The minimum absolute atomic E-state index is 0.210. The van der Waals surface area contributed by atoms with Crippen LogP contribution in [0.2, 0.25) is 0 Å². The molecule has 0 spiro atoms. The number of imide groups is 1. The largest absolute Gasteiger partial charge is 0.444 e. The molecule has 0 aliphatic carbocycles. The number of carbonyl (C=O) groups is 2. The molecule has 0 unspecified atom stereocenters. The number of carbonyl (C=O) groups excluding carboxylic acids is 2. The highest BCUT2D eigenvalue weighted by atomic mass is 32.2. The molecule has 0 rings (SSSR count). The Balaban J connectivity index is 5.75. The van der Waals surface area contributed by atoms with Crippen LogP contribution in [0.3, 0.4) is 0 Å². The van der Waals surface area contributed by atoms with Gasteiger partial charge in [-0.2, -0.15) is 4.41 Å². The summed E-state index contributed by atoms with van der Waals surface area (Å²) in [6, 6.07) is 0. The van der Waals surface area contributed by atoms with Gasteiger partial charge in [-0.1, -0.05) is 37.5 Å². The third-order valence-corrected chi connectivity index (χ3v) is 2.98. The third kappa shape index (κ3) is 7.32. The van der Waals surface area contributed by atoms with E-state index in [-0.39, 0.29) is 18.2 Å². The first kappa shape index (κ1) is 20.5. The quantitative estimate of drug-likeness (QED) is 0.381. The number of nitrogens with zero attached hydrogens (tertiary/aromatic N) is 2. The zero-order valence-electron chi connectivity index (χ0n) is 13.1. The Hall–Kier alpha value is -2.55. The van der Waals surface area contributed by atoms with Crippen LogP contribution in [0.15, 0.2) is 49.7 Å². The zero-order valence-corrected chi connectivity index (χ0v) is 13.9. The van der Waals surface area contributed by atoms with E-state index in [0.29, 0.717) is 9.99 Å². The fourth-order valence-electron chi connectivity index (χ4n) is 1.13. The van der Waals surface area contributed by atoms with E-state index in [1.165, 1.54) is 18.2 Å². The topological polar surface area (TPSA) is 93.2 Å². The molecule has 128 valence electrons. The van der Waals surface area contributed by atoms with Crippen LogP contribution in [0.4, 0.5) is 9.59 Å². The lowest BCUT2D eigenvalue weighted by atomic mass is 10.3. The number of sulfonamides is 1. The van der Waals surface area contributed by atoms with Crippen molar-refractivity contribution in [3.05, 3.63) is 49.7 Å². The molecule has 0 aliphatic rings. The molecule has 0 aromatic carbocycles. The van der Waals surface area contributed by atoms with Crippen LogP contribution in [0.1, 0.15) is 6.92 Å². The van der Waals surface area contributed by atoms with Crippen LogP contribution in [-0.4, -0.2) is 49.5 Å². The summed E-state index contributed by atoms with van der Waals surface area (Å²) in [6.45, 7) is 11.5. The molecule has 23 heavy (non-hydrogen) atoms. The smallest absolute Gasteiger partial charge is 0.440 e. The molecule has 0 fully saturated rings. The number of allylic oxidation sites excluding steroid dienone is 2. The predicted molar refractivity (Wildman–Crippen MR) is 85.6 cm³/mol. The average molecular weight is 344 g/mol. The first-order valence-corrected chi connectivity index (χ1v) is 8.18. The van der Waals surface area contributed by atoms with Crippen molar-refractivity contribution in [3.8, 4) is 0 Å². The SMILES string of the molecule is C=CCOC(=O)N(C(=O)OCC=C)N(/C=C/C(=C)C)S(C)(=O)=O. The van der Waals surface area contributed by atoms with E-state index in [9.17, 15) is 18.0 Å². The Morgan fingerprint density at radius 2 is 1.52 bits per heavy atom. The minimum atomic E-state index is -4.02. The summed E-state index contributed by atoms with van der Waals surface area (Å²) in [5, 5.41) is 0.210. The molecule has 8 nitrogen and oxygen atoms in total. The summed E-state index contributed by atoms with van der Waals surface area (Å²) in [5.41, 5.74) is 0.498. The van der Waals surface area contributed by atoms with Crippen LogP contribution in [0.5, 0.6) is 0 Å². The van der Waals surface area contributed by atoms with Gasteiger partial charge in [0.1, 0.15) is 13.2 Å². The molecule has 0 radical (unpaired) electrons. The van der Waals surface area contributed by atoms with Crippen molar-refractivity contribution < 1.29 is 27.5 Å². The fourth-order valence-corrected chi connectivity index (χ4v) is 1.85. The van der Waals surface area contributed by atoms with Crippen molar-refractivity contribution in [1.29, 1.82) is 0 Å². The van der Waals surface area contributed by atoms with E-state index >= 15 is 0 Å². The number of hydrazine groups is 1. The molecular formula is C14H20N2O6S. The van der Waals surface area contributed by atoms with Crippen molar-refractivity contribution in [3.63, 3.8) is 0 Å². The van der Waals surface area contributed by atoms with Crippen LogP contribution in [0.25, 0.3) is 0 Å². The first-order chi connectivity index (χ1) is 10.6. The molecule has 0 heterocycles. The second-order valence-electron chi connectivity index (χ2n) is 4.24. The Morgan fingerprint density at radius 3 is 1.83 bits per heavy atom. The van der Waals surface area contributed by atoms with E-state index in [1.807, 2.05) is 0 Å². The summed E-state index contributed by atoms with van der Waals surface area (Å²) in [4.78, 5) is 24.0. The van der Waals surface area contributed by atoms with E-state index in [2.05, 4.69) is 19.7 Å². The maximum atomic E-state index is 12.0. The Kier molecular flexibility index (Phi) is 8.41. The number of hydrogen-bond acceptors (Lipinski definition) is 6. The van der Waals surface area contributed by atoms with Gasteiger partial charge in [-0.25, -0.2) is 18.0 Å². The fraction of sp³-hybridized carbons (Fsp3) is 0.286. The Bertz CT molecular complexity index is 585. The van der Waals surface area contributed by atoms with Crippen LogP contribution in [-0.2, 0) is 19.5 Å². The zero-order chi connectivity index (χ0) is 18.0. The van der Waals surface area contributed by atoms with Crippen molar-refractivity contribution in [2.75, 3.05) is 19.5 Å². The van der Waals surface area contributed by atoms with Crippen molar-refractivity contribution >= 4 is 22.2 Å². The molecule has 0 aromatic heterocycles. The summed E-state index contributed by atoms with van der Waals surface area (Å²) in [6.07, 6.45) is 3.15. The normalized spacial score (nSPS) is 10.7. The molecule has 0 atom stereocenters. The van der Waals surface area contributed by atoms with Crippen molar-refractivity contribution in [1.82, 2.24) is 9.42 Å². The second-order valence-corrected chi connectivity index (χ2v) is 6.08. The highest BCUT2D eigenvalue weighted by molar-refractivity contribution is 7.88. The van der Waals surface area contributed by atoms with Gasteiger partial charge in [0.25, 0.3) is 0 Å². The molecule has 0 bridgehead atoms. The molecule has 9 heteroatoms. The molecular weight excluding hydrogens is 324 g/mol. The molecule has 0 saturated heterocycles. The maximum Gasteiger partial charge on any atom is 0.440 e. The maximum absolute atomic E-state index is 12.0. The van der Waals surface area contributed by atoms with Crippen molar-refractivity contribution in [2.45, 2.75) is 6.92 Å². The van der Waals surface area contributed by atoms with Crippen LogP contribution in [0, 0.1) is 0 Å². The average Bonchev–Trinajstić information content (AvgIpc) is 2.44. The van der Waals surface area contributed by atoms with Gasteiger partial charge in [0, 0.05) is 6.20 Å². The Labute approximate surface area is 136 Å². The molecule has 0 aromatic rings. The summed E-state index contributed by atoms with van der Waals surface area (Å²) >= 11 is 0. The van der Waals surface area contributed by atoms with Gasteiger partial charge in [0.15, 0.2) is 0 Å². The Morgan fingerprint density at radius 1 is 1.09 bits per heavy atom. The highest BCUT2D eigenvalue weighted by Crippen LogP contribution is 2.12. The third-order valence-electron chi connectivity index (χ3n) is 2.02. The molecule has 0 saturated carbocycles. The number of hydrogen-bond donors (Lipinski definition) is 0. The lowest BCUT2D eigenvalue weighted by molar-refractivity contribution is 0.0439. The van der Waals surface area contributed by atoms with Gasteiger partial charge in [0.05, 0.1) is 6.26 Å². The number of ether oxygens (including phenoxy) is 2. The van der Waals surface area contributed by atoms with E-state index in [4.69, 9.17) is 9.47 Å². The molecule has 0 N–H and O–H groups in total. The predicted octanol–water partition coefficient (Wildman–Crippen LogP) is 2.20. The molecule has 0 aliphatic heterocycles. The minimum Gasteiger partial charge on any atom is -0.444 e.